The van der Waals surface area contributed by atoms with Crippen LogP contribution in [0.3, 0.4) is 0 Å². The van der Waals surface area contributed by atoms with E-state index in [1.54, 1.807) is 12.1 Å². The zero-order chi connectivity index (χ0) is 12.1. The van der Waals surface area contributed by atoms with Gasteiger partial charge in [-0.3, -0.25) is 4.79 Å². The molecular weight excluding hydrogens is 212 g/mol. The Morgan fingerprint density at radius 3 is 2.31 bits per heavy atom. The molecule has 1 aromatic carbocycles. The monoisotopic (exact) mass is 223 g/mol. The molecule has 0 spiro atoms. The lowest BCUT2D eigenvalue weighted by Gasteiger charge is -2.07. The summed E-state index contributed by atoms with van der Waals surface area (Å²) in [6.45, 7) is -0.202. The Hall–Kier alpha value is -2.08. The molecule has 1 rings (SSSR count). The second-order valence-corrected chi connectivity index (χ2v) is 3.17. The number of nitrogens with one attached hydrogen (secondary N) is 1. The van der Waals surface area contributed by atoms with Gasteiger partial charge in [0.25, 0.3) is 0 Å². The van der Waals surface area contributed by atoms with E-state index >= 15 is 0 Å². The molecule has 85 valence electrons. The number of hydrogen-bond donors (Lipinski definition) is 3. The Balaban J connectivity index is 2.67. The van der Waals surface area contributed by atoms with Gasteiger partial charge in [-0.1, -0.05) is 12.1 Å². The normalized spacial score (nSPS) is 11.8. The molecule has 0 fully saturated rings. The predicted octanol–water partition coefficient (Wildman–Crippen LogP) is 0.140. The van der Waals surface area contributed by atoms with Crippen molar-refractivity contribution in [1.82, 2.24) is 0 Å². The van der Waals surface area contributed by atoms with Crippen molar-refractivity contribution in [2.75, 3.05) is 11.9 Å². The predicted molar refractivity (Wildman–Crippen MR) is 55.2 cm³/mol. The topological polar surface area (TPSA) is 112 Å². The third kappa shape index (κ3) is 3.25. The first kappa shape index (κ1) is 12.0. The smallest absolute Gasteiger partial charge is 0.376 e. The molecule has 0 aliphatic carbocycles. The molecule has 0 heterocycles. The number of nitrogens with two attached hydrogens (primary N) is 1. The number of carbonyl (C=O) groups is 2. The van der Waals surface area contributed by atoms with E-state index in [-0.39, 0.29) is 6.54 Å². The van der Waals surface area contributed by atoms with Crippen LogP contribution >= 0.6 is 0 Å². The van der Waals surface area contributed by atoms with Crippen molar-refractivity contribution in [2.24, 2.45) is 5.73 Å². The van der Waals surface area contributed by atoms with Crippen LogP contribution in [0.5, 0.6) is 0 Å². The fourth-order valence-corrected chi connectivity index (χ4v) is 1.12. The molecule has 1 atom stereocenters. The number of carbonyl (C=O) groups excluding carboxylic acids is 1. The first-order valence-corrected chi connectivity index (χ1v) is 4.53. The highest BCUT2D eigenvalue weighted by Gasteiger charge is 2.15. The van der Waals surface area contributed by atoms with Crippen LogP contribution in [-0.2, 0) is 14.7 Å². The van der Waals surface area contributed by atoms with E-state index in [2.05, 4.69) is 5.32 Å². The molecule has 0 aromatic heterocycles. The quantitative estimate of drug-likeness (QED) is 0.657. The molecule has 0 amide bonds. The summed E-state index contributed by atoms with van der Waals surface area (Å²) in [7, 11) is 0. The summed E-state index contributed by atoms with van der Waals surface area (Å²) in [6, 6.07) is 4.95. The van der Waals surface area contributed by atoms with Gasteiger partial charge < -0.3 is 16.2 Å². The van der Waals surface area contributed by atoms with Crippen LogP contribution < -0.4 is 11.1 Å². The van der Waals surface area contributed by atoms with E-state index in [0.29, 0.717) is 11.3 Å². The number of rotatable bonds is 5. The highest BCUT2D eigenvalue weighted by molar-refractivity contribution is 5.75. The van der Waals surface area contributed by atoms with Crippen molar-refractivity contribution in [2.45, 2.75) is 6.04 Å². The van der Waals surface area contributed by atoms with E-state index < -0.39 is 18.0 Å². The van der Waals surface area contributed by atoms with E-state index in [1.165, 1.54) is 12.1 Å². The minimum Gasteiger partial charge on any atom is -0.480 e. The van der Waals surface area contributed by atoms with Crippen LogP contribution in [0.15, 0.2) is 24.3 Å². The zero-order valence-corrected chi connectivity index (χ0v) is 8.34. The lowest BCUT2D eigenvalue weighted by Crippen LogP contribution is -2.19. The fourth-order valence-electron chi connectivity index (χ4n) is 1.12. The number of carboxylic acid groups (broad SMARTS) is 1. The van der Waals surface area contributed by atoms with Gasteiger partial charge in [-0.05, 0) is 17.7 Å². The van der Waals surface area contributed by atoms with Crippen LogP contribution in [0.2, 0.25) is 0 Å². The Bertz CT molecular complexity index is 388. The molecule has 1 radical (unpaired) electrons. The largest absolute Gasteiger partial charge is 0.480 e. The average molecular weight is 223 g/mol. The summed E-state index contributed by atoms with van der Waals surface area (Å²) in [4.78, 5) is 20.7. The van der Waals surface area contributed by atoms with Gasteiger partial charge in [0.2, 0.25) is 0 Å². The highest BCUT2D eigenvalue weighted by Crippen LogP contribution is 2.14. The third-order valence-corrected chi connectivity index (χ3v) is 1.97. The van der Waals surface area contributed by atoms with Crippen molar-refractivity contribution >= 4 is 17.6 Å². The summed E-state index contributed by atoms with van der Waals surface area (Å²) < 4.78 is 0. The number of aliphatic carboxylic acids is 1. The molecule has 0 saturated carbocycles. The third-order valence-electron chi connectivity index (χ3n) is 1.97. The molecular formula is C10H11N2O4. The van der Waals surface area contributed by atoms with E-state index in [4.69, 9.17) is 10.8 Å². The number of benzene rings is 1. The second kappa shape index (κ2) is 5.13. The standard InChI is InChI=1S/C10H11N2O4/c11-9(10(15)16)6-1-3-7(4-2-6)12-5-8(13)14/h1-4,9,12H,5,11H2,(H,13,14). The lowest BCUT2D eigenvalue weighted by molar-refractivity contribution is -0.144. The average Bonchev–Trinajstić information content (AvgIpc) is 2.26. The van der Waals surface area contributed by atoms with E-state index in [1.807, 2.05) is 0 Å². The molecule has 1 aromatic rings. The van der Waals surface area contributed by atoms with Crippen molar-refractivity contribution in [3.63, 3.8) is 0 Å². The Labute approximate surface area is 91.7 Å². The summed E-state index contributed by atoms with van der Waals surface area (Å²) in [6.07, 6.45) is 0. The van der Waals surface area contributed by atoms with Crippen LogP contribution in [0, 0.1) is 0 Å². The van der Waals surface area contributed by atoms with Crippen LogP contribution in [0.1, 0.15) is 11.6 Å². The molecule has 4 N–H and O–H groups in total. The van der Waals surface area contributed by atoms with Gasteiger partial charge in [-0.2, -0.15) is 0 Å². The summed E-state index contributed by atoms with van der Waals surface area (Å²) in [5.41, 5.74) is 6.32. The van der Waals surface area contributed by atoms with E-state index in [0.717, 1.165) is 0 Å². The summed E-state index contributed by atoms with van der Waals surface area (Å²) >= 11 is 0. The maximum absolute atomic E-state index is 10.5. The minimum atomic E-state index is -1.36. The van der Waals surface area contributed by atoms with Crippen LogP contribution in [-0.4, -0.2) is 23.6 Å². The highest BCUT2D eigenvalue weighted by atomic mass is 16.4. The Morgan fingerprint density at radius 2 is 1.88 bits per heavy atom. The number of hydrogen-bond acceptors (Lipinski definition) is 4. The van der Waals surface area contributed by atoms with E-state index in [9.17, 15) is 14.7 Å². The first-order valence-electron chi connectivity index (χ1n) is 4.53. The first-order chi connectivity index (χ1) is 7.50. The molecule has 0 bridgehead atoms. The Kier molecular flexibility index (Phi) is 3.84. The van der Waals surface area contributed by atoms with Gasteiger partial charge in [0.1, 0.15) is 12.6 Å². The zero-order valence-electron chi connectivity index (χ0n) is 8.34. The molecule has 16 heavy (non-hydrogen) atoms. The van der Waals surface area contributed by atoms with Crippen molar-refractivity contribution < 1.29 is 19.8 Å². The van der Waals surface area contributed by atoms with Gasteiger partial charge in [0.05, 0.1) is 0 Å². The minimum absolute atomic E-state index is 0.202. The maximum Gasteiger partial charge on any atom is 0.376 e. The molecule has 0 saturated heterocycles. The van der Waals surface area contributed by atoms with Gasteiger partial charge in [-0.25, -0.2) is 9.90 Å². The number of carboxylic acids is 1. The van der Waals surface area contributed by atoms with Crippen LogP contribution in [0.25, 0.3) is 0 Å². The van der Waals surface area contributed by atoms with Gasteiger partial charge >= 0.3 is 11.9 Å². The van der Waals surface area contributed by atoms with Gasteiger partial charge in [-0.15, -0.1) is 0 Å². The Morgan fingerprint density at radius 1 is 1.31 bits per heavy atom. The molecule has 0 aliphatic heterocycles. The maximum atomic E-state index is 10.5. The van der Waals surface area contributed by atoms with Gasteiger partial charge in [0, 0.05) is 5.69 Å². The number of anilines is 1. The van der Waals surface area contributed by atoms with Gasteiger partial charge in [0.15, 0.2) is 0 Å². The SMILES string of the molecule is NC(C([O])=O)c1ccc(NCC(=O)O)cc1. The van der Waals surface area contributed by atoms with Crippen molar-refractivity contribution in [3.05, 3.63) is 29.8 Å². The second-order valence-electron chi connectivity index (χ2n) is 3.17. The molecule has 1 unspecified atom stereocenters. The lowest BCUT2D eigenvalue weighted by atomic mass is 10.1. The van der Waals surface area contributed by atoms with Crippen molar-refractivity contribution in [1.29, 1.82) is 0 Å². The molecule has 6 heteroatoms. The fraction of sp³-hybridized carbons (Fsp3) is 0.200. The van der Waals surface area contributed by atoms with Crippen molar-refractivity contribution in [3.8, 4) is 0 Å². The summed E-state index contributed by atoms with van der Waals surface area (Å²) in [5, 5.41) is 21.5. The molecule has 6 nitrogen and oxygen atoms in total. The summed E-state index contributed by atoms with van der Waals surface area (Å²) in [5.74, 6) is -2.33. The molecule has 0 aliphatic rings. The van der Waals surface area contributed by atoms with Crippen LogP contribution in [0.4, 0.5) is 5.69 Å².